The third-order valence-electron chi connectivity index (χ3n) is 16.0. The zero-order valence-corrected chi connectivity index (χ0v) is 54.4. The second-order valence-corrected chi connectivity index (χ2v) is 30.9. The smallest absolute Gasteiger partial charge is 0.370 e. The SMILES string of the molecule is COCCC1(C)C(/C=C/C(=C/C=C2/N(CCCS(=O)(=O)O)c3ccc4c(S(=O)(=O)O)cc(S(=O)(=O)[O-])cc4c3C2(C)CCOC)c2c(C)cc(OCC(=O)ON3C(=O)CCC3=O)cc2C)=[N+](CCCS(=O)(=O)O)c2ccc3c(S(=O)(=O)O)cc(S(=O)(=O)O)cc3c21. The van der Waals surface area contributed by atoms with Crippen LogP contribution in [0.5, 0.6) is 5.75 Å². The number of rotatable bonds is 26. The van der Waals surface area contributed by atoms with E-state index in [0.717, 1.165) is 12.1 Å². The lowest BCUT2D eigenvalue weighted by molar-refractivity contribution is -0.437. The second-order valence-electron chi connectivity index (χ2n) is 22.2. The minimum absolute atomic E-state index is 0.00344. The Kier molecular flexibility index (Phi) is 19.9. The number of fused-ring (bicyclic) bond motifs is 6. The van der Waals surface area contributed by atoms with Crippen molar-refractivity contribution in [2.45, 2.75) is 96.6 Å². The third-order valence-corrected chi connectivity index (χ3v) is 21.1. The maximum Gasteiger partial charge on any atom is 0.370 e. The lowest BCUT2D eigenvalue weighted by Gasteiger charge is -2.31. The standard InChI is InChI=1S/C57H63N3O25S6/c1-34-27-37(84-33-52(63)85-60-50(61)17-18-51(60)62)28-35(2)53(34)36(9-15-48-56(3,19-23-82-5)54-42-29-38(88(70,71)72)31-46(90(76,77)78)40(42)11-13-44(54)58(48)21-7-25-86(64,65)66)10-16-49-57(4,20-24-83-6)55-43-30-39(89(73,74)75)32-47(91(79,80)81)41(43)12-14-45(55)59(49)22-8-26-87(67,68)69/h9-16,27-32H,7-8,17-26,33H2,1-6H3,(H5-,64,65,66,67,68,69,70,71,72,73,74,75,76,77,78,79,80,81). The normalized spacial score (nSPS) is 19.0. The molecule has 1 saturated heterocycles. The maximum absolute atomic E-state index is 13.0. The molecule has 0 aliphatic carbocycles. The van der Waals surface area contributed by atoms with Gasteiger partial charge < -0.3 is 28.5 Å². The number of aryl methyl sites for hydroxylation is 2. The molecule has 8 rings (SSSR count). The Balaban J connectivity index is 1.43. The maximum atomic E-state index is 13.0. The van der Waals surface area contributed by atoms with Gasteiger partial charge in [0.05, 0.1) is 26.7 Å². The highest BCUT2D eigenvalue weighted by Gasteiger charge is 2.50. The highest BCUT2D eigenvalue weighted by Crippen LogP contribution is 2.54. The largest absolute Gasteiger partial charge is 0.744 e. The van der Waals surface area contributed by atoms with E-state index in [0.29, 0.717) is 50.9 Å². The molecular weight excluding hydrogens is 1320 g/mol. The number of hydrogen-bond acceptors (Lipinski definition) is 21. The van der Waals surface area contributed by atoms with Gasteiger partial charge in [0.25, 0.3) is 62.4 Å². The number of hydrogen-bond donors (Lipinski definition) is 5. The van der Waals surface area contributed by atoms with Crippen LogP contribution in [-0.4, -0.2) is 170 Å². The van der Waals surface area contributed by atoms with Crippen LogP contribution >= 0.6 is 0 Å². The van der Waals surface area contributed by atoms with Crippen LogP contribution in [0.25, 0.3) is 27.1 Å². The summed E-state index contributed by atoms with van der Waals surface area (Å²) in [7, 11) is -27.6. The molecule has 3 aliphatic heterocycles. The topological polar surface area (TPSA) is 427 Å². The highest BCUT2D eigenvalue weighted by atomic mass is 32.2. The fraction of sp³-hybridized carbons (Fsp3) is 0.368. The molecule has 0 bridgehead atoms. The summed E-state index contributed by atoms with van der Waals surface area (Å²) in [5.41, 5.74) is 0.259. The van der Waals surface area contributed by atoms with Gasteiger partial charge in [-0.2, -0.15) is 46.7 Å². The molecule has 0 saturated carbocycles. The first kappa shape index (κ1) is 70.0. The van der Waals surface area contributed by atoms with Gasteiger partial charge in [-0.25, -0.2) is 13.2 Å². The number of carbonyl (C=O) groups excluding carboxylic acids is 3. The van der Waals surface area contributed by atoms with Gasteiger partial charge in [-0.3, -0.25) is 32.4 Å². The summed E-state index contributed by atoms with van der Waals surface area (Å²) in [5, 5.41) is -0.259. The molecule has 3 aliphatic rings. The number of amides is 2. The Morgan fingerprint density at radius 1 is 0.670 bits per heavy atom. The van der Waals surface area contributed by atoms with Crippen molar-refractivity contribution in [3.05, 3.63) is 118 Å². The highest BCUT2D eigenvalue weighted by molar-refractivity contribution is 7.87. The van der Waals surface area contributed by atoms with Crippen molar-refractivity contribution < 1.29 is 116 Å². The van der Waals surface area contributed by atoms with Crippen molar-refractivity contribution in [1.29, 1.82) is 0 Å². The molecule has 28 nitrogen and oxygen atoms in total. The molecule has 34 heteroatoms. The van der Waals surface area contributed by atoms with Gasteiger partial charge >= 0.3 is 5.97 Å². The molecule has 2 atom stereocenters. The predicted octanol–water partition coefficient (Wildman–Crippen LogP) is 5.53. The van der Waals surface area contributed by atoms with Gasteiger partial charge in [0, 0.05) is 98.5 Å². The number of anilines is 1. The lowest BCUT2D eigenvalue weighted by atomic mass is 9.74. The van der Waals surface area contributed by atoms with Gasteiger partial charge in [0.15, 0.2) is 12.3 Å². The Morgan fingerprint density at radius 2 is 1.20 bits per heavy atom. The molecule has 5 aromatic rings. The number of carbonyl (C=O) groups is 3. The quantitative estimate of drug-likeness (QED) is 0.0197. The van der Waals surface area contributed by atoms with E-state index in [1.165, 1.54) is 50.6 Å². The summed E-state index contributed by atoms with van der Waals surface area (Å²) >= 11 is 0. The van der Waals surface area contributed by atoms with E-state index in [-0.39, 0.29) is 115 Å². The zero-order valence-electron chi connectivity index (χ0n) is 49.5. The van der Waals surface area contributed by atoms with Crippen molar-refractivity contribution in [3.8, 4) is 5.75 Å². The molecule has 5 aromatic carbocycles. The van der Waals surface area contributed by atoms with Crippen molar-refractivity contribution in [3.63, 3.8) is 0 Å². The number of imide groups is 1. The molecule has 3 heterocycles. The number of allylic oxidation sites excluding steroid dienone is 6. The molecule has 2 amide bonds. The summed E-state index contributed by atoms with van der Waals surface area (Å²) in [4.78, 5) is 40.2. The van der Waals surface area contributed by atoms with Crippen LogP contribution in [0.15, 0.2) is 110 Å². The Bertz CT molecular complexity index is 4700. The van der Waals surface area contributed by atoms with Gasteiger partial charge in [-0.1, -0.05) is 12.1 Å². The van der Waals surface area contributed by atoms with Gasteiger partial charge in [-0.15, -0.1) is 5.06 Å². The van der Waals surface area contributed by atoms with Gasteiger partial charge in [0.2, 0.25) is 5.69 Å². The van der Waals surface area contributed by atoms with Gasteiger partial charge in [-0.05, 0) is 146 Å². The Labute approximate surface area is 524 Å². The second kappa shape index (κ2) is 25.9. The van der Waals surface area contributed by atoms with Crippen LogP contribution in [0.3, 0.4) is 0 Å². The van der Waals surface area contributed by atoms with E-state index in [2.05, 4.69) is 0 Å². The summed E-state index contributed by atoms with van der Waals surface area (Å²) in [6.07, 6.45) is 5.61. The predicted molar refractivity (Wildman–Crippen MR) is 326 cm³/mol. The Morgan fingerprint density at radius 3 is 1.74 bits per heavy atom. The first-order valence-electron chi connectivity index (χ1n) is 27.5. The fourth-order valence-corrected chi connectivity index (χ4v) is 15.7. The number of methoxy groups -OCH3 is 2. The van der Waals surface area contributed by atoms with Crippen molar-refractivity contribution >= 4 is 123 Å². The molecule has 0 spiro atoms. The zero-order chi connectivity index (χ0) is 67.4. The van der Waals surface area contributed by atoms with E-state index in [1.807, 2.05) is 0 Å². The molecule has 0 aromatic heterocycles. The molecule has 5 N–H and O–H groups in total. The molecule has 1 fully saturated rings. The summed E-state index contributed by atoms with van der Waals surface area (Å²) < 4.78 is 235. The van der Waals surface area contributed by atoms with E-state index >= 15 is 0 Å². The molecule has 91 heavy (non-hydrogen) atoms. The molecule has 0 radical (unpaired) electrons. The molecule has 492 valence electrons. The van der Waals surface area contributed by atoms with Crippen LogP contribution in [0.2, 0.25) is 0 Å². The minimum Gasteiger partial charge on any atom is -0.744 e. The van der Waals surface area contributed by atoms with Crippen molar-refractivity contribution in [2.24, 2.45) is 0 Å². The molecule has 2 unspecified atom stereocenters. The Hall–Kier alpha value is -6.90. The monoisotopic (exact) mass is 1380 g/mol. The minimum atomic E-state index is -5.44. The van der Waals surface area contributed by atoms with E-state index < -0.39 is 127 Å². The van der Waals surface area contributed by atoms with Crippen LogP contribution in [0.1, 0.15) is 80.2 Å². The summed E-state index contributed by atoms with van der Waals surface area (Å²) in [6.45, 7) is 5.41. The van der Waals surface area contributed by atoms with Crippen molar-refractivity contribution in [2.75, 3.05) is 63.5 Å². The van der Waals surface area contributed by atoms with Crippen LogP contribution < -0.4 is 9.64 Å². The first-order chi connectivity index (χ1) is 42.1. The van der Waals surface area contributed by atoms with E-state index in [1.54, 1.807) is 61.5 Å². The van der Waals surface area contributed by atoms with Gasteiger partial charge in [0.1, 0.15) is 32.2 Å². The van der Waals surface area contributed by atoms with E-state index in [9.17, 15) is 92.2 Å². The number of hydroxylamine groups is 2. The number of nitrogens with zero attached hydrogens (tertiary/aromatic N) is 3. The average Bonchev–Trinajstić information content (AvgIpc) is 1.60. The lowest BCUT2D eigenvalue weighted by Crippen LogP contribution is -2.33. The van der Waals surface area contributed by atoms with Crippen LogP contribution in [-0.2, 0) is 100 Å². The number of benzene rings is 5. The first-order valence-corrected chi connectivity index (χ1v) is 36.4. The molecular formula is C57H63N3O25S6. The number of ether oxygens (including phenoxy) is 3. The third kappa shape index (κ3) is 15.0. The summed E-state index contributed by atoms with van der Waals surface area (Å²) in [6, 6.07) is 11.6. The van der Waals surface area contributed by atoms with Crippen molar-refractivity contribution in [1.82, 2.24) is 5.06 Å². The van der Waals surface area contributed by atoms with Crippen LogP contribution in [0, 0.1) is 13.8 Å². The van der Waals surface area contributed by atoms with E-state index in [4.69, 9.17) is 19.0 Å². The van der Waals surface area contributed by atoms with Crippen LogP contribution in [0.4, 0.5) is 11.4 Å². The average molecular weight is 1380 g/mol. The fourth-order valence-electron chi connectivity index (χ4n) is 12.1. The summed E-state index contributed by atoms with van der Waals surface area (Å²) in [5.74, 6) is -3.99.